The lowest BCUT2D eigenvalue weighted by Gasteiger charge is -2.28. The highest BCUT2D eigenvalue weighted by atomic mass is 16.5. The molecule has 100 valence electrons. The van der Waals surface area contributed by atoms with E-state index in [4.69, 9.17) is 4.52 Å². The predicted octanol–water partition coefficient (Wildman–Crippen LogP) is 1.01. The van der Waals surface area contributed by atoms with Crippen LogP contribution in [-0.4, -0.2) is 33.3 Å². The molecule has 19 heavy (non-hydrogen) atoms. The van der Waals surface area contributed by atoms with E-state index in [1.807, 2.05) is 19.1 Å². The van der Waals surface area contributed by atoms with E-state index < -0.39 is 5.60 Å². The molecule has 1 aliphatic rings. The second-order valence-electron chi connectivity index (χ2n) is 4.90. The van der Waals surface area contributed by atoms with Crippen LogP contribution in [0.15, 0.2) is 22.9 Å². The van der Waals surface area contributed by atoms with Crippen LogP contribution in [0.25, 0.3) is 11.5 Å². The molecule has 0 bridgehead atoms. The molecule has 0 aromatic carbocycles. The van der Waals surface area contributed by atoms with Crippen LogP contribution in [0.3, 0.4) is 0 Å². The van der Waals surface area contributed by atoms with Crippen LogP contribution in [0.1, 0.15) is 24.3 Å². The zero-order chi connectivity index (χ0) is 13.3. The van der Waals surface area contributed by atoms with E-state index in [0.717, 1.165) is 18.5 Å². The third kappa shape index (κ3) is 2.24. The Morgan fingerprint density at radius 1 is 1.47 bits per heavy atom. The first kappa shape index (κ1) is 12.3. The molecule has 1 saturated heterocycles. The normalized spacial score (nSPS) is 23.5. The molecule has 0 aliphatic carbocycles. The zero-order valence-electron chi connectivity index (χ0n) is 10.8. The topological polar surface area (TPSA) is 84.1 Å². The number of aryl methyl sites for hydroxylation is 1. The predicted molar refractivity (Wildman–Crippen MR) is 68.3 cm³/mol. The minimum absolute atomic E-state index is 0.264. The third-order valence-corrected chi connectivity index (χ3v) is 3.41. The maximum atomic E-state index is 10.5. The van der Waals surface area contributed by atoms with Gasteiger partial charge in [0.1, 0.15) is 5.69 Å². The summed E-state index contributed by atoms with van der Waals surface area (Å²) < 4.78 is 5.23. The Labute approximate surface area is 110 Å². The summed E-state index contributed by atoms with van der Waals surface area (Å²) in [5.74, 6) is 0.687. The van der Waals surface area contributed by atoms with Crippen LogP contribution in [0.4, 0.5) is 0 Å². The summed E-state index contributed by atoms with van der Waals surface area (Å²) in [4.78, 5) is 8.55. The molecule has 6 nitrogen and oxygen atoms in total. The molecule has 0 spiro atoms. The Hall–Kier alpha value is -1.79. The van der Waals surface area contributed by atoms with Crippen molar-refractivity contribution in [3.63, 3.8) is 0 Å². The summed E-state index contributed by atoms with van der Waals surface area (Å²) in [7, 11) is 0. The number of nitrogens with one attached hydrogen (secondary N) is 1. The molecule has 0 radical (unpaired) electrons. The number of nitrogens with zero attached hydrogens (tertiary/aromatic N) is 3. The van der Waals surface area contributed by atoms with Gasteiger partial charge in [-0.3, -0.25) is 4.98 Å². The second kappa shape index (κ2) is 4.71. The molecule has 1 aliphatic heterocycles. The van der Waals surface area contributed by atoms with Crippen molar-refractivity contribution in [1.29, 1.82) is 0 Å². The van der Waals surface area contributed by atoms with Crippen molar-refractivity contribution in [3.8, 4) is 11.5 Å². The molecule has 6 heteroatoms. The van der Waals surface area contributed by atoms with Crippen molar-refractivity contribution in [2.75, 3.05) is 13.1 Å². The smallest absolute Gasteiger partial charge is 0.260 e. The second-order valence-corrected chi connectivity index (χ2v) is 4.90. The van der Waals surface area contributed by atoms with Gasteiger partial charge in [0.15, 0.2) is 5.60 Å². The van der Waals surface area contributed by atoms with Gasteiger partial charge in [-0.05, 0) is 37.9 Å². The van der Waals surface area contributed by atoms with Gasteiger partial charge >= 0.3 is 0 Å². The van der Waals surface area contributed by atoms with Crippen molar-refractivity contribution in [2.24, 2.45) is 0 Å². The molecule has 3 rings (SSSR count). The lowest BCUT2D eigenvalue weighted by molar-refractivity contribution is -0.0167. The van der Waals surface area contributed by atoms with Gasteiger partial charge in [-0.2, -0.15) is 4.98 Å². The summed E-state index contributed by atoms with van der Waals surface area (Å²) in [6.07, 6.45) is 3.20. The van der Waals surface area contributed by atoms with Crippen molar-refractivity contribution in [2.45, 2.75) is 25.4 Å². The van der Waals surface area contributed by atoms with E-state index in [2.05, 4.69) is 20.4 Å². The highest BCUT2D eigenvalue weighted by molar-refractivity contribution is 5.53. The molecule has 3 heterocycles. The monoisotopic (exact) mass is 260 g/mol. The number of piperidine rings is 1. The van der Waals surface area contributed by atoms with E-state index in [-0.39, 0.29) is 5.89 Å². The van der Waals surface area contributed by atoms with Gasteiger partial charge < -0.3 is 14.9 Å². The SMILES string of the molecule is Cc1cccnc1-c1noc(C2(O)CCCNC2)n1. The summed E-state index contributed by atoms with van der Waals surface area (Å²) in [5.41, 5.74) is 0.597. The number of rotatable bonds is 2. The minimum atomic E-state index is -1.06. The average Bonchev–Trinajstić information content (AvgIpc) is 2.90. The third-order valence-electron chi connectivity index (χ3n) is 3.41. The van der Waals surface area contributed by atoms with E-state index in [1.54, 1.807) is 6.20 Å². The Morgan fingerprint density at radius 3 is 3.11 bits per heavy atom. The van der Waals surface area contributed by atoms with Crippen molar-refractivity contribution < 1.29 is 9.63 Å². The molecule has 1 fully saturated rings. The first-order valence-electron chi connectivity index (χ1n) is 6.38. The highest BCUT2D eigenvalue weighted by Gasteiger charge is 2.37. The number of β-amino-alcohol motifs (C(OH)–C–C–N with tert-alkyl or cyclic N) is 1. The number of hydrogen-bond donors (Lipinski definition) is 2. The molecule has 2 N–H and O–H groups in total. The fourth-order valence-corrected chi connectivity index (χ4v) is 2.30. The van der Waals surface area contributed by atoms with E-state index in [1.165, 1.54) is 0 Å². The Balaban J connectivity index is 1.93. The molecule has 1 atom stereocenters. The van der Waals surface area contributed by atoms with Crippen LogP contribution in [0, 0.1) is 6.92 Å². The Kier molecular flexibility index (Phi) is 3.04. The van der Waals surface area contributed by atoms with Gasteiger partial charge in [0, 0.05) is 12.7 Å². The first-order valence-corrected chi connectivity index (χ1v) is 6.38. The Bertz CT molecular complexity index is 576. The molecule has 1 unspecified atom stereocenters. The van der Waals surface area contributed by atoms with Crippen LogP contribution < -0.4 is 5.32 Å². The minimum Gasteiger partial charge on any atom is -0.379 e. The maximum Gasteiger partial charge on any atom is 0.260 e. The van der Waals surface area contributed by atoms with Gasteiger partial charge in [0.25, 0.3) is 5.89 Å². The van der Waals surface area contributed by atoms with Crippen molar-refractivity contribution >= 4 is 0 Å². The molecule has 2 aromatic heterocycles. The lowest BCUT2D eigenvalue weighted by atomic mass is 9.94. The van der Waals surface area contributed by atoms with Gasteiger partial charge in [-0.25, -0.2) is 0 Å². The fourth-order valence-electron chi connectivity index (χ4n) is 2.30. The first-order chi connectivity index (χ1) is 9.19. The summed E-state index contributed by atoms with van der Waals surface area (Å²) in [6.45, 7) is 3.29. The number of pyridine rings is 1. The van der Waals surface area contributed by atoms with E-state index in [9.17, 15) is 5.11 Å². The summed E-state index contributed by atoms with van der Waals surface area (Å²) in [6, 6.07) is 3.80. The van der Waals surface area contributed by atoms with Crippen LogP contribution >= 0.6 is 0 Å². The quantitative estimate of drug-likeness (QED) is 0.838. The van der Waals surface area contributed by atoms with Gasteiger partial charge in [-0.1, -0.05) is 11.2 Å². The van der Waals surface area contributed by atoms with Gasteiger partial charge in [0.2, 0.25) is 5.82 Å². The average molecular weight is 260 g/mol. The van der Waals surface area contributed by atoms with E-state index >= 15 is 0 Å². The fraction of sp³-hybridized carbons (Fsp3) is 0.462. The molecule has 0 amide bonds. The summed E-state index contributed by atoms with van der Waals surface area (Å²) in [5, 5.41) is 17.6. The number of aromatic nitrogens is 3. The molecular formula is C13H16N4O2. The molecule has 2 aromatic rings. The van der Waals surface area contributed by atoms with Crippen molar-refractivity contribution in [1.82, 2.24) is 20.4 Å². The number of hydrogen-bond acceptors (Lipinski definition) is 6. The van der Waals surface area contributed by atoms with Crippen molar-refractivity contribution in [3.05, 3.63) is 29.8 Å². The Morgan fingerprint density at radius 2 is 2.37 bits per heavy atom. The largest absolute Gasteiger partial charge is 0.379 e. The highest BCUT2D eigenvalue weighted by Crippen LogP contribution is 2.28. The molecule has 0 saturated carbocycles. The number of aliphatic hydroxyl groups is 1. The van der Waals surface area contributed by atoms with Crippen LogP contribution in [-0.2, 0) is 5.60 Å². The molecular weight excluding hydrogens is 244 g/mol. The standard InChI is InChI=1S/C13H16N4O2/c1-9-4-2-7-15-10(9)11-16-12(19-17-11)13(18)5-3-6-14-8-13/h2,4,7,14,18H,3,5-6,8H2,1H3. The maximum absolute atomic E-state index is 10.5. The van der Waals surface area contributed by atoms with Gasteiger partial charge in [-0.15, -0.1) is 0 Å². The summed E-state index contributed by atoms with van der Waals surface area (Å²) >= 11 is 0. The van der Waals surface area contributed by atoms with E-state index in [0.29, 0.717) is 24.5 Å². The van der Waals surface area contributed by atoms with Crippen LogP contribution in [0.2, 0.25) is 0 Å². The lowest BCUT2D eigenvalue weighted by Crippen LogP contribution is -2.43. The zero-order valence-corrected chi connectivity index (χ0v) is 10.8. The van der Waals surface area contributed by atoms with Crippen LogP contribution in [0.5, 0.6) is 0 Å². The van der Waals surface area contributed by atoms with Gasteiger partial charge in [0.05, 0.1) is 0 Å².